The topological polar surface area (TPSA) is 62.4 Å². The third-order valence-electron chi connectivity index (χ3n) is 3.86. The van der Waals surface area contributed by atoms with Crippen molar-refractivity contribution in [2.45, 2.75) is 19.9 Å². The van der Waals surface area contributed by atoms with Crippen LogP contribution < -0.4 is 10.2 Å². The average molecular weight is 298 g/mol. The Hall–Kier alpha value is -2.56. The fourth-order valence-corrected chi connectivity index (χ4v) is 2.61. The molecule has 0 radical (unpaired) electrons. The van der Waals surface area contributed by atoms with E-state index in [0.29, 0.717) is 13.1 Å². The standard InChI is InChI=1S/C17H18N2O3/c1-12-8-15(20)16(9-18-12)22-11-17(21)19-7-6-13-4-2-3-5-14(13)10-19/h2-5,8-9H,6-7,10-11H2,1H3,(H,18,20). The molecule has 1 aliphatic rings. The van der Waals surface area contributed by atoms with Crippen LogP contribution >= 0.6 is 0 Å². The summed E-state index contributed by atoms with van der Waals surface area (Å²) < 4.78 is 5.36. The number of benzene rings is 1. The average Bonchev–Trinajstić information content (AvgIpc) is 2.53. The van der Waals surface area contributed by atoms with E-state index in [1.54, 1.807) is 11.8 Å². The molecule has 1 aromatic carbocycles. The fourth-order valence-electron chi connectivity index (χ4n) is 2.61. The van der Waals surface area contributed by atoms with Gasteiger partial charge in [0.05, 0.1) is 0 Å². The van der Waals surface area contributed by atoms with Crippen molar-refractivity contribution >= 4 is 5.91 Å². The van der Waals surface area contributed by atoms with Crippen LogP contribution in [-0.4, -0.2) is 28.9 Å². The van der Waals surface area contributed by atoms with E-state index in [2.05, 4.69) is 11.1 Å². The van der Waals surface area contributed by atoms with E-state index in [0.717, 1.165) is 12.1 Å². The second-order valence-electron chi connectivity index (χ2n) is 5.47. The molecule has 0 spiro atoms. The third kappa shape index (κ3) is 3.03. The number of H-pyrrole nitrogens is 1. The highest BCUT2D eigenvalue weighted by Crippen LogP contribution is 2.18. The van der Waals surface area contributed by atoms with Gasteiger partial charge < -0.3 is 14.6 Å². The number of pyridine rings is 1. The first-order chi connectivity index (χ1) is 10.6. The molecule has 0 fully saturated rings. The number of carbonyl (C=O) groups is 1. The molecular formula is C17H18N2O3. The highest BCUT2D eigenvalue weighted by molar-refractivity contribution is 5.78. The molecule has 1 N–H and O–H groups in total. The summed E-state index contributed by atoms with van der Waals surface area (Å²) >= 11 is 0. The van der Waals surface area contributed by atoms with Gasteiger partial charge in [0.2, 0.25) is 5.43 Å². The van der Waals surface area contributed by atoms with Crippen LogP contribution in [0.2, 0.25) is 0 Å². The second kappa shape index (κ2) is 6.05. The normalized spacial score (nSPS) is 13.6. The fraction of sp³-hybridized carbons (Fsp3) is 0.294. The summed E-state index contributed by atoms with van der Waals surface area (Å²) in [5, 5.41) is 0. The van der Waals surface area contributed by atoms with Crippen LogP contribution in [-0.2, 0) is 17.8 Å². The van der Waals surface area contributed by atoms with Crippen LogP contribution in [0.4, 0.5) is 0 Å². The SMILES string of the molecule is Cc1cc(=O)c(OCC(=O)N2CCc3ccccc3C2)c[nH]1. The number of nitrogens with zero attached hydrogens (tertiary/aromatic N) is 1. The Morgan fingerprint density at radius 2 is 2.09 bits per heavy atom. The Morgan fingerprint density at radius 3 is 2.86 bits per heavy atom. The zero-order chi connectivity index (χ0) is 15.5. The highest BCUT2D eigenvalue weighted by atomic mass is 16.5. The summed E-state index contributed by atoms with van der Waals surface area (Å²) in [7, 11) is 0. The Morgan fingerprint density at radius 1 is 1.32 bits per heavy atom. The number of fused-ring (bicyclic) bond motifs is 1. The summed E-state index contributed by atoms with van der Waals surface area (Å²) in [4.78, 5) is 28.6. The lowest BCUT2D eigenvalue weighted by Gasteiger charge is -2.28. The number of rotatable bonds is 3. The molecule has 22 heavy (non-hydrogen) atoms. The molecule has 1 amide bonds. The zero-order valence-electron chi connectivity index (χ0n) is 12.5. The minimum Gasteiger partial charge on any atom is -0.478 e. The van der Waals surface area contributed by atoms with Gasteiger partial charge in [0.25, 0.3) is 5.91 Å². The van der Waals surface area contributed by atoms with Gasteiger partial charge in [-0.25, -0.2) is 0 Å². The molecule has 5 heteroatoms. The summed E-state index contributed by atoms with van der Waals surface area (Å²) in [6.07, 6.45) is 2.35. The third-order valence-corrected chi connectivity index (χ3v) is 3.86. The molecule has 0 aliphatic carbocycles. The maximum atomic E-state index is 12.2. The summed E-state index contributed by atoms with van der Waals surface area (Å²) in [6, 6.07) is 9.59. The van der Waals surface area contributed by atoms with Gasteiger partial charge in [-0.3, -0.25) is 9.59 Å². The number of amides is 1. The van der Waals surface area contributed by atoms with E-state index in [1.807, 2.05) is 18.2 Å². The number of aromatic amines is 1. The minimum atomic E-state index is -0.215. The molecule has 0 unspecified atom stereocenters. The molecule has 0 saturated carbocycles. The lowest BCUT2D eigenvalue weighted by molar-refractivity contribution is -0.134. The molecule has 2 aromatic rings. The molecule has 0 saturated heterocycles. The number of aryl methyl sites for hydroxylation is 1. The molecule has 1 aliphatic heterocycles. The molecule has 5 nitrogen and oxygen atoms in total. The van der Waals surface area contributed by atoms with Crippen LogP contribution in [0.3, 0.4) is 0 Å². The molecule has 0 atom stereocenters. The number of hydrogen-bond acceptors (Lipinski definition) is 3. The van der Waals surface area contributed by atoms with Crippen molar-refractivity contribution in [2.75, 3.05) is 13.2 Å². The van der Waals surface area contributed by atoms with Crippen molar-refractivity contribution in [3.63, 3.8) is 0 Å². The Labute approximate surface area is 128 Å². The summed E-state index contributed by atoms with van der Waals surface area (Å²) in [5.74, 6) is 0.0748. The van der Waals surface area contributed by atoms with Gasteiger partial charge in [0.1, 0.15) is 0 Å². The van der Waals surface area contributed by atoms with Crippen LogP contribution in [0.15, 0.2) is 41.3 Å². The van der Waals surface area contributed by atoms with E-state index >= 15 is 0 Å². The van der Waals surface area contributed by atoms with Gasteiger partial charge >= 0.3 is 0 Å². The van der Waals surface area contributed by atoms with Crippen molar-refractivity contribution in [1.82, 2.24) is 9.88 Å². The largest absolute Gasteiger partial charge is 0.478 e. The Bertz CT molecular complexity index is 752. The van der Waals surface area contributed by atoms with Crippen molar-refractivity contribution in [2.24, 2.45) is 0 Å². The van der Waals surface area contributed by atoms with E-state index in [-0.39, 0.29) is 23.7 Å². The lowest BCUT2D eigenvalue weighted by Crippen LogP contribution is -2.39. The number of carbonyl (C=O) groups excluding carboxylic acids is 1. The monoisotopic (exact) mass is 298 g/mol. The number of aromatic nitrogens is 1. The van der Waals surface area contributed by atoms with Gasteiger partial charge in [0, 0.05) is 31.0 Å². The summed E-state index contributed by atoms with van der Waals surface area (Å²) in [5.41, 5.74) is 3.02. The highest BCUT2D eigenvalue weighted by Gasteiger charge is 2.20. The van der Waals surface area contributed by atoms with Gasteiger partial charge in [-0.2, -0.15) is 0 Å². The summed E-state index contributed by atoms with van der Waals surface area (Å²) in [6.45, 7) is 2.96. The molecular weight excluding hydrogens is 280 g/mol. The van der Waals surface area contributed by atoms with Crippen molar-refractivity contribution < 1.29 is 9.53 Å². The van der Waals surface area contributed by atoms with Crippen LogP contribution in [0.1, 0.15) is 16.8 Å². The molecule has 1 aromatic heterocycles. The predicted molar refractivity (Wildman–Crippen MR) is 82.9 cm³/mol. The second-order valence-corrected chi connectivity index (χ2v) is 5.47. The van der Waals surface area contributed by atoms with Gasteiger partial charge in [-0.15, -0.1) is 0 Å². The molecule has 2 heterocycles. The van der Waals surface area contributed by atoms with Gasteiger partial charge in [-0.05, 0) is 24.5 Å². The maximum absolute atomic E-state index is 12.2. The van der Waals surface area contributed by atoms with E-state index in [4.69, 9.17) is 4.74 Å². The van der Waals surface area contributed by atoms with Crippen LogP contribution in [0.25, 0.3) is 0 Å². The van der Waals surface area contributed by atoms with E-state index in [9.17, 15) is 9.59 Å². The van der Waals surface area contributed by atoms with Crippen molar-refractivity contribution in [3.8, 4) is 5.75 Å². The molecule has 3 rings (SSSR count). The Kier molecular flexibility index (Phi) is 3.96. The Balaban J connectivity index is 1.62. The maximum Gasteiger partial charge on any atom is 0.260 e. The number of hydrogen-bond donors (Lipinski definition) is 1. The quantitative estimate of drug-likeness (QED) is 0.937. The van der Waals surface area contributed by atoms with Gasteiger partial charge in [-0.1, -0.05) is 24.3 Å². The first-order valence-electron chi connectivity index (χ1n) is 7.30. The lowest BCUT2D eigenvalue weighted by atomic mass is 10.00. The minimum absolute atomic E-state index is 0.102. The van der Waals surface area contributed by atoms with Crippen molar-refractivity contribution in [1.29, 1.82) is 0 Å². The predicted octanol–water partition coefficient (Wildman–Crippen LogP) is 1.65. The van der Waals surface area contributed by atoms with Crippen LogP contribution in [0.5, 0.6) is 5.75 Å². The number of ether oxygens (including phenoxy) is 1. The van der Waals surface area contributed by atoms with E-state index < -0.39 is 0 Å². The molecule has 114 valence electrons. The smallest absolute Gasteiger partial charge is 0.260 e. The van der Waals surface area contributed by atoms with Crippen molar-refractivity contribution in [3.05, 3.63) is 63.6 Å². The van der Waals surface area contributed by atoms with Gasteiger partial charge in [0.15, 0.2) is 12.4 Å². The number of nitrogens with one attached hydrogen (secondary N) is 1. The zero-order valence-corrected chi connectivity index (χ0v) is 12.5. The molecule has 0 bridgehead atoms. The first kappa shape index (κ1) is 14.4. The van der Waals surface area contributed by atoms with Crippen LogP contribution in [0, 0.1) is 6.92 Å². The van der Waals surface area contributed by atoms with E-state index in [1.165, 1.54) is 23.4 Å². The first-order valence-corrected chi connectivity index (χ1v) is 7.30.